The zero-order valence-corrected chi connectivity index (χ0v) is 10.5. The molecule has 2 aromatic heterocycles. The van der Waals surface area contributed by atoms with Crippen molar-refractivity contribution >= 4 is 11.3 Å². The highest BCUT2D eigenvalue weighted by Gasteiger charge is 2.42. The first-order valence-electron chi connectivity index (χ1n) is 5.78. The molecule has 4 heteroatoms. The van der Waals surface area contributed by atoms with Crippen molar-refractivity contribution in [1.82, 2.24) is 9.97 Å². The van der Waals surface area contributed by atoms with Gasteiger partial charge in [0.1, 0.15) is 5.01 Å². The molecule has 1 aliphatic rings. The molecule has 3 nitrogen and oxygen atoms in total. The number of aryl methyl sites for hydroxylation is 1. The Labute approximate surface area is 104 Å². The fraction of sp³-hybridized carbons (Fsp3) is 0.385. The molecule has 1 N–H and O–H groups in total. The van der Waals surface area contributed by atoms with Gasteiger partial charge >= 0.3 is 0 Å². The molecule has 17 heavy (non-hydrogen) atoms. The van der Waals surface area contributed by atoms with Crippen LogP contribution in [0.5, 0.6) is 0 Å². The van der Waals surface area contributed by atoms with Crippen LogP contribution in [0.3, 0.4) is 0 Å². The summed E-state index contributed by atoms with van der Waals surface area (Å²) >= 11 is 1.66. The molecule has 0 radical (unpaired) electrons. The molecule has 0 aromatic carbocycles. The molecule has 0 bridgehead atoms. The van der Waals surface area contributed by atoms with Gasteiger partial charge in [-0.25, -0.2) is 4.98 Å². The van der Waals surface area contributed by atoms with Crippen molar-refractivity contribution in [2.24, 2.45) is 0 Å². The minimum Gasteiger partial charge on any atom is -0.359 e. The molecule has 0 spiro atoms. The molecular formula is C13H13N3S. The van der Waals surface area contributed by atoms with Crippen molar-refractivity contribution in [3.63, 3.8) is 0 Å². The predicted octanol–water partition coefficient (Wildman–Crippen LogP) is 3.39. The molecule has 2 heterocycles. The third kappa shape index (κ3) is 1.50. The minimum absolute atomic E-state index is 0.243. The molecule has 0 atom stereocenters. The summed E-state index contributed by atoms with van der Waals surface area (Å²) in [6.07, 6.45) is 5.02. The van der Waals surface area contributed by atoms with Gasteiger partial charge in [-0.15, -0.1) is 11.3 Å². The number of nitrogens with zero attached hydrogens (tertiary/aromatic N) is 2. The molecular weight excluding hydrogens is 230 g/mol. The fourth-order valence-corrected chi connectivity index (χ4v) is 3.59. The first-order chi connectivity index (χ1) is 8.25. The van der Waals surface area contributed by atoms with Crippen molar-refractivity contribution < 1.29 is 0 Å². The van der Waals surface area contributed by atoms with Gasteiger partial charge < -0.3 is 4.98 Å². The van der Waals surface area contributed by atoms with Crippen molar-refractivity contribution in [2.75, 3.05) is 0 Å². The molecule has 1 aliphatic carbocycles. The summed E-state index contributed by atoms with van der Waals surface area (Å²) in [6.45, 7) is 2.01. The number of H-pyrrole nitrogens is 1. The molecule has 2 aromatic rings. The second-order valence-electron chi connectivity index (χ2n) is 4.56. The number of rotatable bonds is 2. The summed E-state index contributed by atoms with van der Waals surface area (Å²) in [6, 6.07) is 6.47. The minimum atomic E-state index is -0.243. The Morgan fingerprint density at radius 2 is 2.35 bits per heavy atom. The van der Waals surface area contributed by atoms with Gasteiger partial charge in [0.15, 0.2) is 0 Å². The molecule has 86 valence electrons. The number of nitrogens with one attached hydrogen (secondary N) is 1. The van der Waals surface area contributed by atoms with Gasteiger partial charge in [-0.1, -0.05) is 0 Å². The fourth-order valence-electron chi connectivity index (χ4n) is 2.34. The summed E-state index contributed by atoms with van der Waals surface area (Å²) in [4.78, 5) is 8.91. The van der Waals surface area contributed by atoms with Gasteiger partial charge in [-0.2, -0.15) is 5.26 Å². The lowest BCUT2D eigenvalue weighted by molar-refractivity contribution is 0.328. The first kappa shape index (κ1) is 10.5. The maximum Gasteiger partial charge on any atom is 0.140 e. The van der Waals surface area contributed by atoms with E-state index in [-0.39, 0.29) is 5.41 Å². The smallest absolute Gasteiger partial charge is 0.140 e. The van der Waals surface area contributed by atoms with Crippen molar-refractivity contribution in [2.45, 2.75) is 31.6 Å². The molecule has 0 unspecified atom stereocenters. The zero-order valence-electron chi connectivity index (χ0n) is 9.66. The van der Waals surface area contributed by atoms with E-state index in [2.05, 4.69) is 16.0 Å². The van der Waals surface area contributed by atoms with Crippen LogP contribution in [0.1, 0.15) is 29.8 Å². The maximum absolute atomic E-state index is 9.38. The third-order valence-electron chi connectivity index (χ3n) is 3.48. The van der Waals surface area contributed by atoms with E-state index in [9.17, 15) is 5.26 Å². The van der Waals surface area contributed by atoms with Crippen LogP contribution in [0.15, 0.2) is 18.3 Å². The third-order valence-corrected chi connectivity index (χ3v) is 4.88. The number of aromatic amines is 1. The van der Waals surface area contributed by atoms with E-state index in [1.165, 1.54) is 0 Å². The summed E-state index contributed by atoms with van der Waals surface area (Å²) in [5.74, 6) is 0. The summed E-state index contributed by atoms with van der Waals surface area (Å²) < 4.78 is 0. The molecule has 0 aliphatic heterocycles. The normalized spacial score (nSPS) is 17.4. The van der Waals surface area contributed by atoms with E-state index in [0.29, 0.717) is 0 Å². The Bertz CT molecular complexity index is 570. The Kier molecular flexibility index (Phi) is 2.30. The van der Waals surface area contributed by atoms with Crippen LogP contribution < -0.4 is 0 Å². The highest BCUT2D eigenvalue weighted by Crippen LogP contribution is 2.47. The van der Waals surface area contributed by atoms with Gasteiger partial charge in [0.2, 0.25) is 0 Å². The van der Waals surface area contributed by atoms with E-state index in [1.807, 2.05) is 25.3 Å². The second-order valence-corrected chi connectivity index (χ2v) is 5.56. The van der Waals surface area contributed by atoms with Crippen LogP contribution in [0, 0.1) is 18.3 Å². The van der Waals surface area contributed by atoms with Gasteiger partial charge in [0.25, 0.3) is 0 Å². The van der Waals surface area contributed by atoms with Crippen LogP contribution in [-0.2, 0) is 5.41 Å². The van der Waals surface area contributed by atoms with Gasteiger partial charge in [0.05, 0.1) is 22.9 Å². The van der Waals surface area contributed by atoms with Crippen LogP contribution in [0.4, 0.5) is 0 Å². The van der Waals surface area contributed by atoms with Crippen LogP contribution >= 0.6 is 11.3 Å². The van der Waals surface area contributed by atoms with E-state index < -0.39 is 0 Å². The van der Waals surface area contributed by atoms with Gasteiger partial charge in [-0.05, 0) is 38.3 Å². The molecule has 1 saturated carbocycles. The van der Waals surface area contributed by atoms with Crippen LogP contribution in [0.2, 0.25) is 0 Å². The lowest BCUT2D eigenvalue weighted by Gasteiger charge is -2.34. The van der Waals surface area contributed by atoms with E-state index in [0.717, 1.165) is 40.5 Å². The summed E-state index contributed by atoms with van der Waals surface area (Å²) in [7, 11) is 0. The highest BCUT2D eigenvalue weighted by atomic mass is 32.1. The van der Waals surface area contributed by atoms with E-state index in [1.54, 1.807) is 11.3 Å². The number of nitriles is 1. The molecule has 0 saturated heterocycles. The largest absolute Gasteiger partial charge is 0.359 e. The molecule has 0 amide bonds. The number of aromatic nitrogens is 2. The van der Waals surface area contributed by atoms with E-state index >= 15 is 0 Å². The zero-order chi connectivity index (χ0) is 11.9. The van der Waals surface area contributed by atoms with Crippen LogP contribution in [-0.4, -0.2) is 9.97 Å². The predicted molar refractivity (Wildman–Crippen MR) is 67.8 cm³/mol. The SMILES string of the molecule is Cc1nc(-c2ccc[nH]2)sc1C1(C#N)CCC1. The van der Waals surface area contributed by atoms with E-state index in [4.69, 9.17) is 0 Å². The molecule has 1 fully saturated rings. The Morgan fingerprint density at radius 1 is 1.53 bits per heavy atom. The molecule has 3 rings (SSSR count). The number of thiazole rings is 1. The Hall–Kier alpha value is -1.60. The maximum atomic E-state index is 9.38. The summed E-state index contributed by atoms with van der Waals surface area (Å²) in [5.41, 5.74) is 1.81. The summed E-state index contributed by atoms with van der Waals surface area (Å²) in [5, 5.41) is 10.4. The lowest BCUT2D eigenvalue weighted by atomic mass is 9.68. The Morgan fingerprint density at radius 3 is 2.88 bits per heavy atom. The van der Waals surface area contributed by atoms with Crippen molar-refractivity contribution in [1.29, 1.82) is 5.26 Å². The average molecular weight is 243 g/mol. The average Bonchev–Trinajstić information content (AvgIpc) is 2.87. The quantitative estimate of drug-likeness (QED) is 0.879. The highest BCUT2D eigenvalue weighted by molar-refractivity contribution is 7.15. The standard InChI is InChI=1S/C13H13N3S/c1-9-11(13(8-14)5-3-6-13)17-12(16-9)10-4-2-7-15-10/h2,4,7,15H,3,5-6H2,1H3. The second kappa shape index (κ2) is 3.71. The monoisotopic (exact) mass is 243 g/mol. The van der Waals surface area contributed by atoms with Crippen LogP contribution in [0.25, 0.3) is 10.7 Å². The first-order valence-corrected chi connectivity index (χ1v) is 6.60. The van der Waals surface area contributed by atoms with Crippen molar-refractivity contribution in [3.8, 4) is 16.8 Å². The Balaban J connectivity index is 2.05. The topological polar surface area (TPSA) is 52.5 Å². The number of hydrogen-bond acceptors (Lipinski definition) is 3. The number of hydrogen-bond donors (Lipinski definition) is 1. The lowest BCUT2D eigenvalue weighted by Crippen LogP contribution is -2.31. The van der Waals surface area contributed by atoms with Gasteiger partial charge in [-0.3, -0.25) is 0 Å². The van der Waals surface area contributed by atoms with Gasteiger partial charge in [0, 0.05) is 11.1 Å². The van der Waals surface area contributed by atoms with Crippen molar-refractivity contribution in [3.05, 3.63) is 28.9 Å².